The zero-order chi connectivity index (χ0) is 19.8. The van der Waals surface area contributed by atoms with Crippen LogP contribution in [0, 0.1) is 0 Å². The third kappa shape index (κ3) is 6.02. The molecule has 6 nitrogen and oxygen atoms in total. The van der Waals surface area contributed by atoms with Crippen molar-refractivity contribution in [2.75, 3.05) is 20.8 Å². The maximum Gasteiger partial charge on any atom is 0.341 e. The summed E-state index contributed by atoms with van der Waals surface area (Å²) in [7, 11) is 3.40. The molecule has 0 saturated carbocycles. The van der Waals surface area contributed by atoms with E-state index in [9.17, 15) is 9.59 Å². The summed E-state index contributed by atoms with van der Waals surface area (Å²) in [5.41, 5.74) is 1.96. The van der Waals surface area contributed by atoms with E-state index in [0.717, 1.165) is 16.9 Å². The van der Waals surface area contributed by atoms with Gasteiger partial charge in [-0.15, -0.1) is 0 Å². The SMILES string of the molecule is COc1ccccc1C(C)CC(=O)N(C)Cc1ccc(OCC(=O)O)cc1. The molecule has 0 aromatic heterocycles. The standard InChI is InChI=1S/C21H25NO5/c1-15(18-6-4-5-7-19(18)26-3)12-20(23)22(2)13-16-8-10-17(11-9-16)27-14-21(24)25/h4-11,15H,12-14H2,1-3H3,(H,24,25). The van der Waals surface area contributed by atoms with Gasteiger partial charge in [-0.3, -0.25) is 4.79 Å². The Balaban J connectivity index is 1.92. The van der Waals surface area contributed by atoms with Crippen LogP contribution in [0.2, 0.25) is 0 Å². The highest BCUT2D eigenvalue weighted by Gasteiger charge is 2.17. The van der Waals surface area contributed by atoms with Crippen LogP contribution in [0.3, 0.4) is 0 Å². The van der Waals surface area contributed by atoms with Crippen LogP contribution < -0.4 is 9.47 Å². The van der Waals surface area contributed by atoms with Gasteiger partial charge in [0.25, 0.3) is 0 Å². The van der Waals surface area contributed by atoms with Gasteiger partial charge in [-0.05, 0) is 35.2 Å². The molecule has 0 aliphatic carbocycles. The number of hydrogen-bond donors (Lipinski definition) is 1. The van der Waals surface area contributed by atoms with Crippen LogP contribution in [0.25, 0.3) is 0 Å². The number of carbonyl (C=O) groups is 2. The zero-order valence-electron chi connectivity index (χ0n) is 15.8. The number of rotatable bonds is 9. The van der Waals surface area contributed by atoms with Gasteiger partial charge >= 0.3 is 5.97 Å². The normalized spacial score (nSPS) is 11.5. The second-order valence-corrected chi connectivity index (χ2v) is 6.42. The number of ether oxygens (including phenoxy) is 2. The van der Waals surface area contributed by atoms with E-state index in [1.807, 2.05) is 43.3 Å². The van der Waals surface area contributed by atoms with E-state index in [4.69, 9.17) is 14.6 Å². The summed E-state index contributed by atoms with van der Waals surface area (Å²) in [5.74, 6) is 0.341. The minimum atomic E-state index is -1.02. The lowest BCUT2D eigenvalue weighted by molar-refractivity contribution is -0.139. The van der Waals surface area contributed by atoms with E-state index in [0.29, 0.717) is 18.7 Å². The van der Waals surface area contributed by atoms with Crippen LogP contribution in [0.5, 0.6) is 11.5 Å². The summed E-state index contributed by atoms with van der Waals surface area (Å²) in [6.45, 7) is 2.10. The largest absolute Gasteiger partial charge is 0.496 e. The molecule has 6 heteroatoms. The molecule has 1 unspecified atom stereocenters. The second kappa shape index (κ2) is 9.62. The van der Waals surface area contributed by atoms with Gasteiger partial charge in [-0.1, -0.05) is 37.3 Å². The van der Waals surface area contributed by atoms with Crippen LogP contribution in [0.15, 0.2) is 48.5 Å². The van der Waals surface area contributed by atoms with Crippen molar-refractivity contribution >= 4 is 11.9 Å². The van der Waals surface area contributed by atoms with Crippen molar-refractivity contribution in [1.82, 2.24) is 4.90 Å². The van der Waals surface area contributed by atoms with E-state index in [-0.39, 0.29) is 18.4 Å². The summed E-state index contributed by atoms with van der Waals surface area (Å²) in [6.07, 6.45) is 0.386. The van der Waals surface area contributed by atoms with Crippen LogP contribution in [-0.2, 0) is 16.1 Å². The van der Waals surface area contributed by atoms with Crippen LogP contribution in [0.4, 0.5) is 0 Å². The first kappa shape index (κ1) is 20.3. The number of methoxy groups -OCH3 is 1. The third-order valence-corrected chi connectivity index (χ3v) is 4.28. The van der Waals surface area contributed by atoms with Gasteiger partial charge in [-0.25, -0.2) is 4.79 Å². The first-order valence-electron chi connectivity index (χ1n) is 8.71. The molecule has 2 aromatic carbocycles. The van der Waals surface area contributed by atoms with E-state index in [1.165, 1.54) is 0 Å². The number of aliphatic carboxylic acids is 1. The number of carboxylic acid groups (broad SMARTS) is 1. The first-order chi connectivity index (χ1) is 12.9. The van der Waals surface area contributed by atoms with Gasteiger partial charge in [0.2, 0.25) is 5.91 Å². The Morgan fingerprint density at radius 2 is 1.78 bits per heavy atom. The quantitative estimate of drug-likeness (QED) is 0.732. The molecule has 1 atom stereocenters. The number of para-hydroxylation sites is 1. The minimum Gasteiger partial charge on any atom is -0.496 e. The monoisotopic (exact) mass is 371 g/mol. The highest BCUT2D eigenvalue weighted by Crippen LogP contribution is 2.28. The molecule has 1 amide bonds. The lowest BCUT2D eigenvalue weighted by Gasteiger charge is -2.21. The molecule has 27 heavy (non-hydrogen) atoms. The second-order valence-electron chi connectivity index (χ2n) is 6.42. The molecule has 0 heterocycles. The Morgan fingerprint density at radius 3 is 2.41 bits per heavy atom. The van der Waals surface area contributed by atoms with Crippen molar-refractivity contribution in [2.24, 2.45) is 0 Å². The third-order valence-electron chi connectivity index (χ3n) is 4.28. The fraction of sp³-hybridized carbons (Fsp3) is 0.333. The van der Waals surface area contributed by atoms with E-state index in [2.05, 4.69) is 0 Å². The van der Waals surface area contributed by atoms with Gasteiger partial charge in [-0.2, -0.15) is 0 Å². The van der Waals surface area contributed by atoms with Crippen molar-refractivity contribution in [2.45, 2.75) is 25.8 Å². The highest BCUT2D eigenvalue weighted by atomic mass is 16.5. The van der Waals surface area contributed by atoms with Crippen molar-refractivity contribution in [3.05, 3.63) is 59.7 Å². The predicted octanol–water partition coefficient (Wildman–Crippen LogP) is 3.31. The molecule has 1 N–H and O–H groups in total. The first-order valence-corrected chi connectivity index (χ1v) is 8.71. The highest BCUT2D eigenvalue weighted by molar-refractivity contribution is 5.77. The average molecular weight is 371 g/mol. The van der Waals surface area contributed by atoms with Gasteiger partial charge in [0, 0.05) is 20.0 Å². The Hall–Kier alpha value is -3.02. The number of hydrogen-bond acceptors (Lipinski definition) is 4. The predicted molar refractivity (Wildman–Crippen MR) is 102 cm³/mol. The molecular weight excluding hydrogens is 346 g/mol. The Labute approximate surface area is 159 Å². The molecule has 0 fully saturated rings. The lowest BCUT2D eigenvalue weighted by atomic mass is 9.96. The van der Waals surface area contributed by atoms with Crippen molar-refractivity contribution in [1.29, 1.82) is 0 Å². The van der Waals surface area contributed by atoms with E-state index in [1.54, 1.807) is 31.2 Å². The maximum absolute atomic E-state index is 12.6. The summed E-state index contributed by atoms with van der Waals surface area (Å²) in [4.78, 5) is 24.8. The van der Waals surface area contributed by atoms with Gasteiger partial charge in [0.1, 0.15) is 11.5 Å². The van der Waals surface area contributed by atoms with Gasteiger partial charge in [0.15, 0.2) is 6.61 Å². The molecule has 0 aliphatic heterocycles. The number of carbonyl (C=O) groups excluding carboxylic acids is 1. The molecule has 0 bridgehead atoms. The summed E-state index contributed by atoms with van der Waals surface area (Å²) >= 11 is 0. The zero-order valence-corrected chi connectivity index (χ0v) is 15.8. The van der Waals surface area contributed by atoms with Crippen molar-refractivity contribution < 1.29 is 24.2 Å². The maximum atomic E-state index is 12.6. The smallest absolute Gasteiger partial charge is 0.341 e. The minimum absolute atomic E-state index is 0.0413. The molecule has 0 spiro atoms. The van der Waals surface area contributed by atoms with E-state index < -0.39 is 5.97 Å². The van der Waals surface area contributed by atoms with Crippen molar-refractivity contribution in [3.63, 3.8) is 0 Å². The summed E-state index contributed by atoms with van der Waals surface area (Å²) < 4.78 is 10.5. The molecule has 2 rings (SSSR count). The van der Waals surface area contributed by atoms with Gasteiger partial charge in [0.05, 0.1) is 7.11 Å². The Morgan fingerprint density at radius 1 is 1.11 bits per heavy atom. The molecule has 0 saturated heterocycles. The molecule has 2 aromatic rings. The molecule has 0 radical (unpaired) electrons. The number of carboxylic acids is 1. The van der Waals surface area contributed by atoms with E-state index >= 15 is 0 Å². The van der Waals surface area contributed by atoms with Gasteiger partial charge < -0.3 is 19.5 Å². The average Bonchev–Trinajstić information content (AvgIpc) is 2.67. The lowest BCUT2D eigenvalue weighted by Crippen LogP contribution is -2.27. The molecule has 144 valence electrons. The molecule has 0 aliphatic rings. The Kier molecular flexibility index (Phi) is 7.23. The fourth-order valence-corrected chi connectivity index (χ4v) is 2.80. The topological polar surface area (TPSA) is 76.1 Å². The fourth-order valence-electron chi connectivity index (χ4n) is 2.80. The molecular formula is C21H25NO5. The summed E-state index contributed by atoms with van der Waals surface area (Å²) in [5, 5.41) is 8.62. The van der Waals surface area contributed by atoms with Crippen molar-refractivity contribution in [3.8, 4) is 11.5 Å². The van der Waals surface area contributed by atoms with Crippen LogP contribution in [-0.4, -0.2) is 42.6 Å². The number of amides is 1. The number of benzene rings is 2. The number of nitrogens with zero attached hydrogens (tertiary/aromatic N) is 1. The Bertz CT molecular complexity index is 772. The van der Waals surface area contributed by atoms with Crippen LogP contribution >= 0.6 is 0 Å². The van der Waals surface area contributed by atoms with Crippen LogP contribution in [0.1, 0.15) is 30.4 Å². The summed E-state index contributed by atoms with van der Waals surface area (Å²) in [6, 6.07) is 14.8.